The first kappa shape index (κ1) is 26.0. The third-order valence-electron chi connectivity index (χ3n) is 6.43. The summed E-state index contributed by atoms with van der Waals surface area (Å²) < 4.78 is 14.0. The number of carbonyl (C=O) groups excluding carboxylic acids is 1. The minimum atomic E-state index is -1.19. The predicted octanol–water partition coefficient (Wildman–Crippen LogP) is 2.46. The maximum atomic E-state index is 14.0. The van der Waals surface area contributed by atoms with Crippen LogP contribution in [0.5, 0.6) is 5.75 Å². The molecule has 2 aromatic heterocycles. The fourth-order valence-electron chi connectivity index (χ4n) is 4.34. The largest absolute Gasteiger partial charge is 0.504 e. The second kappa shape index (κ2) is 11.3. The molecule has 1 fully saturated rings. The number of hydrogen-bond acceptors (Lipinski definition) is 8. The van der Waals surface area contributed by atoms with Crippen LogP contribution >= 0.6 is 0 Å². The highest BCUT2D eigenvalue weighted by molar-refractivity contribution is 5.96. The summed E-state index contributed by atoms with van der Waals surface area (Å²) >= 11 is 0. The number of halogens is 1. The molecule has 1 saturated heterocycles. The van der Waals surface area contributed by atoms with E-state index in [4.69, 9.17) is 10.2 Å². The maximum absolute atomic E-state index is 14.0. The van der Waals surface area contributed by atoms with Gasteiger partial charge in [-0.2, -0.15) is 0 Å². The third-order valence-corrected chi connectivity index (χ3v) is 6.43. The number of aryl methyl sites for hydroxylation is 1. The Hall–Kier alpha value is -4.12. The zero-order valence-corrected chi connectivity index (χ0v) is 20.3. The van der Waals surface area contributed by atoms with Gasteiger partial charge < -0.3 is 25.5 Å². The van der Waals surface area contributed by atoms with Crippen molar-refractivity contribution in [3.05, 3.63) is 65.1 Å². The van der Waals surface area contributed by atoms with Gasteiger partial charge in [-0.25, -0.2) is 19.3 Å². The lowest BCUT2D eigenvalue weighted by Crippen LogP contribution is -2.35. The molecule has 4 N–H and O–H groups in total. The van der Waals surface area contributed by atoms with E-state index in [2.05, 4.69) is 25.2 Å². The van der Waals surface area contributed by atoms with Crippen molar-refractivity contribution >= 4 is 17.7 Å². The average molecular weight is 510 g/mol. The minimum Gasteiger partial charge on any atom is -0.504 e. The number of carbonyl (C=O) groups is 2. The Balaban J connectivity index is 1.37. The maximum Gasteiger partial charge on any atom is 0.322 e. The molecule has 1 aliphatic rings. The van der Waals surface area contributed by atoms with Crippen LogP contribution in [0.4, 0.5) is 10.2 Å². The summed E-state index contributed by atoms with van der Waals surface area (Å²) in [6, 6.07) is 8.51. The number of aromatic hydroxyl groups is 1. The topological polar surface area (TPSA) is 149 Å². The van der Waals surface area contributed by atoms with Crippen LogP contribution in [0.15, 0.2) is 36.5 Å². The molecule has 3 heterocycles. The number of carboxylic acid groups (broad SMARTS) is 1. The summed E-state index contributed by atoms with van der Waals surface area (Å²) in [6.45, 7) is 2.18. The van der Waals surface area contributed by atoms with Gasteiger partial charge in [-0.3, -0.25) is 9.59 Å². The van der Waals surface area contributed by atoms with Gasteiger partial charge in [-0.15, -0.1) is 0 Å². The van der Waals surface area contributed by atoms with E-state index in [0.717, 1.165) is 37.3 Å². The van der Waals surface area contributed by atoms with Gasteiger partial charge in [0.15, 0.2) is 11.4 Å². The molecule has 194 valence electrons. The van der Waals surface area contributed by atoms with Crippen molar-refractivity contribution in [3.63, 3.8) is 0 Å². The van der Waals surface area contributed by atoms with Crippen LogP contribution in [0.1, 0.15) is 40.4 Å². The number of anilines is 1. The monoisotopic (exact) mass is 509 g/mol. The quantitative estimate of drug-likeness (QED) is 0.359. The van der Waals surface area contributed by atoms with E-state index in [1.165, 1.54) is 6.07 Å². The van der Waals surface area contributed by atoms with E-state index in [1.807, 2.05) is 12.1 Å². The number of nitrogens with zero attached hydrogens (tertiary/aromatic N) is 4. The molecule has 11 heteroatoms. The first-order valence-corrected chi connectivity index (χ1v) is 11.9. The Kier molecular flexibility index (Phi) is 7.92. The highest BCUT2D eigenvalue weighted by Gasteiger charge is 2.24. The summed E-state index contributed by atoms with van der Waals surface area (Å²) in [7, 11) is 0. The molecule has 0 unspecified atom stereocenters. The van der Waals surface area contributed by atoms with Crippen molar-refractivity contribution in [1.29, 1.82) is 0 Å². The van der Waals surface area contributed by atoms with Gasteiger partial charge in [-0.05, 0) is 49.4 Å². The highest BCUT2D eigenvalue weighted by atomic mass is 19.1. The Bertz CT molecular complexity index is 1290. The van der Waals surface area contributed by atoms with E-state index < -0.39 is 24.2 Å². The lowest BCUT2D eigenvalue weighted by atomic mass is 9.93. The number of aliphatic hydroxyl groups is 1. The van der Waals surface area contributed by atoms with Crippen LogP contribution in [0.3, 0.4) is 0 Å². The fourth-order valence-corrected chi connectivity index (χ4v) is 4.34. The minimum absolute atomic E-state index is 0.226. The van der Waals surface area contributed by atoms with Crippen molar-refractivity contribution in [2.75, 3.05) is 24.5 Å². The van der Waals surface area contributed by atoms with E-state index in [9.17, 15) is 19.1 Å². The summed E-state index contributed by atoms with van der Waals surface area (Å²) in [5, 5.41) is 30.3. The summed E-state index contributed by atoms with van der Waals surface area (Å²) in [5.41, 5.74) is 1.76. The van der Waals surface area contributed by atoms with Crippen LogP contribution in [-0.4, -0.2) is 61.8 Å². The molecule has 10 nitrogen and oxygen atoms in total. The molecule has 0 radical (unpaired) electrons. The van der Waals surface area contributed by atoms with Crippen molar-refractivity contribution in [1.82, 2.24) is 20.3 Å². The lowest BCUT2D eigenvalue weighted by Gasteiger charge is -2.32. The van der Waals surface area contributed by atoms with Gasteiger partial charge >= 0.3 is 5.97 Å². The molecular formula is C26H28FN5O5. The number of pyridine rings is 1. The van der Waals surface area contributed by atoms with Crippen LogP contribution in [0.25, 0.3) is 11.1 Å². The molecule has 3 aromatic rings. The second-order valence-corrected chi connectivity index (χ2v) is 9.00. The molecule has 0 spiro atoms. The van der Waals surface area contributed by atoms with E-state index in [1.54, 1.807) is 25.3 Å². The van der Waals surface area contributed by atoms with Crippen LogP contribution in [0.2, 0.25) is 0 Å². The first-order valence-electron chi connectivity index (χ1n) is 11.9. The van der Waals surface area contributed by atoms with E-state index in [0.29, 0.717) is 17.8 Å². The molecule has 0 bridgehead atoms. The van der Waals surface area contributed by atoms with E-state index >= 15 is 0 Å². The molecule has 1 aliphatic heterocycles. The Morgan fingerprint density at radius 2 is 1.86 bits per heavy atom. The van der Waals surface area contributed by atoms with E-state index in [-0.39, 0.29) is 35.2 Å². The number of hydrogen-bond donors (Lipinski definition) is 4. The number of aromatic nitrogens is 3. The van der Waals surface area contributed by atoms with Crippen molar-refractivity contribution in [2.24, 2.45) is 5.92 Å². The first-order chi connectivity index (χ1) is 17.7. The molecule has 1 aromatic carbocycles. The zero-order valence-electron chi connectivity index (χ0n) is 20.3. The molecule has 1 amide bonds. The van der Waals surface area contributed by atoms with Gasteiger partial charge in [0.2, 0.25) is 0 Å². The predicted molar refractivity (Wildman–Crippen MR) is 133 cm³/mol. The normalized spacial score (nSPS) is 14.0. The van der Waals surface area contributed by atoms with Crippen LogP contribution in [-0.2, 0) is 17.8 Å². The smallest absolute Gasteiger partial charge is 0.322 e. The highest BCUT2D eigenvalue weighted by Crippen LogP contribution is 2.28. The molecular weight excluding hydrogens is 481 g/mol. The van der Waals surface area contributed by atoms with Crippen LogP contribution in [0, 0.1) is 18.7 Å². The Labute approximate surface area is 212 Å². The van der Waals surface area contributed by atoms with Crippen molar-refractivity contribution in [3.8, 4) is 16.9 Å². The summed E-state index contributed by atoms with van der Waals surface area (Å²) in [5.74, 6) is -1.25. The van der Waals surface area contributed by atoms with Crippen LogP contribution < -0.4 is 10.2 Å². The standard InChI is InChI=1S/C26H28FN5O5/c1-15-25(36)24(26(37)29-13-23(34)35)31-21(30-15)10-16-6-8-32(9-7-16)22-5-4-18(12-28-22)17-2-3-19(14-33)20(27)11-17/h2-5,11-12,16,33,36H,6-10,13-14H2,1H3,(H,29,37)(H,34,35). The zero-order chi connectivity index (χ0) is 26.5. The van der Waals surface area contributed by atoms with Crippen molar-refractivity contribution in [2.45, 2.75) is 32.8 Å². The molecule has 0 saturated carbocycles. The Morgan fingerprint density at radius 1 is 1.14 bits per heavy atom. The van der Waals surface area contributed by atoms with Gasteiger partial charge in [0.1, 0.15) is 24.0 Å². The SMILES string of the molecule is Cc1nc(CC2CCN(c3ccc(-c4ccc(CO)c(F)c4)cn3)CC2)nc(C(=O)NCC(=O)O)c1O. The number of carboxylic acids is 1. The van der Waals surface area contributed by atoms with Gasteiger partial charge in [0.25, 0.3) is 5.91 Å². The second-order valence-electron chi connectivity index (χ2n) is 9.00. The number of nitrogens with one attached hydrogen (secondary N) is 1. The third kappa shape index (κ3) is 6.18. The van der Waals surface area contributed by atoms with Crippen molar-refractivity contribution < 1.29 is 29.3 Å². The fraction of sp³-hybridized carbons (Fsp3) is 0.346. The number of piperidine rings is 1. The Morgan fingerprint density at radius 3 is 2.49 bits per heavy atom. The number of rotatable bonds is 8. The summed E-state index contributed by atoms with van der Waals surface area (Å²) in [4.78, 5) is 38.2. The number of benzene rings is 1. The van der Waals surface area contributed by atoms with Gasteiger partial charge in [0, 0.05) is 36.8 Å². The molecule has 37 heavy (non-hydrogen) atoms. The lowest BCUT2D eigenvalue weighted by molar-refractivity contribution is -0.135. The number of aliphatic hydroxyl groups excluding tert-OH is 1. The number of aliphatic carboxylic acids is 1. The van der Waals surface area contributed by atoms with Gasteiger partial charge in [-0.1, -0.05) is 12.1 Å². The number of amides is 1. The molecule has 4 rings (SSSR count). The average Bonchev–Trinajstić information content (AvgIpc) is 2.89. The summed E-state index contributed by atoms with van der Waals surface area (Å²) in [6.07, 6.45) is 3.93. The van der Waals surface area contributed by atoms with Gasteiger partial charge in [0.05, 0.1) is 12.3 Å². The molecule has 0 aliphatic carbocycles. The molecule has 0 atom stereocenters.